The van der Waals surface area contributed by atoms with Gasteiger partial charge in [0.1, 0.15) is 29.8 Å². The summed E-state index contributed by atoms with van der Waals surface area (Å²) in [6.45, 7) is 1.84. The zero-order chi connectivity index (χ0) is 24.2. The molecule has 1 unspecified atom stereocenters. The Labute approximate surface area is 191 Å². The number of aliphatic hydroxyl groups excluding tert-OH is 2. The lowest BCUT2D eigenvalue weighted by molar-refractivity contribution is -0.00754. The Bertz CT molecular complexity index is 1310. The van der Waals surface area contributed by atoms with E-state index in [1.165, 1.54) is 6.20 Å². The molecule has 0 saturated heterocycles. The lowest BCUT2D eigenvalue weighted by Crippen LogP contribution is -2.20. The zero-order valence-corrected chi connectivity index (χ0v) is 18.0. The largest absolute Gasteiger partial charge is 0.491 e. The van der Waals surface area contributed by atoms with Gasteiger partial charge in [0.2, 0.25) is 11.7 Å². The van der Waals surface area contributed by atoms with Gasteiger partial charge in [0.05, 0.1) is 19.2 Å². The summed E-state index contributed by atoms with van der Waals surface area (Å²) >= 11 is 0. The van der Waals surface area contributed by atoms with E-state index in [4.69, 9.17) is 14.4 Å². The number of aliphatic hydroxyl groups is 2. The Morgan fingerprint density at radius 2 is 2.12 bits per heavy atom. The molecule has 4 aromatic rings. The van der Waals surface area contributed by atoms with Gasteiger partial charge in [-0.2, -0.15) is 4.98 Å². The number of benzene rings is 1. The molecule has 178 valence electrons. The number of fused-ring (bicyclic) bond motifs is 1. The highest BCUT2D eigenvalue weighted by atomic mass is 19.3. The van der Waals surface area contributed by atoms with Crippen molar-refractivity contribution in [1.82, 2.24) is 19.5 Å². The lowest BCUT2D eigenvalue weighted by Gasteiger charge is -2.10. The first-order chi connectivity index (χ1) is 16.4. The number of aromatic nitrogens is 4. The van der Waals surface area contributed by atoms with E-state index < -0.39 is 24.9 Å². The van der Waals surface area contributed by atoms with Crippen molar-refractivity contribution in [2.24, 2.45) is 0 Å². The van der Waals surface area contributed by atoms with Crippen LogP contribution in [0, 0.1) is 6.92 Å². The quantitative estimate of drug-likeness (QED) is 0.338. The van der Waals surface area contributed by atoms with Gasteiger partial charge in [-0.05, 0) is 24.6 Å². The number of nitrogens with zero attached hydrogens (tertiary/aromatic N) is 4. The van der Waals surface area contributed by atoms with Crippen molar-refractivity contribution < 1.29 is 33.0 Å². The summed E-state index contributed by atoms with van der Waals surface area (Å²) < 4.78 is 37.0. The van der Waals surface area contributed by atoms with Crippen LogP contribution < -0.4 is 10.1 Å². The van der Waals surface area contributed by atoms with Crippen molar-refractivity contribution >= 4 is 17.2 Å². The molecular weight excluding hydrogens is 452 g/mol. The van der Waals surface area contributed by atoms with Crippen LogP contribution in [0.3, 0.4) is 0 Å². The van der Waals surface area contributed by atoms with Crippen LogP contribution in [0.4, 0.5) is 14.5 Å². The summed E-state index contributed by atoms with van der Waals surface area (Å²) in [5, 5.41) is 24.8. The fourth-order valence-corrected chi connectivity index (χ4v) is 3.19. The minimum Gasteiger partial charge on any atom is -0.491 e. The molecule has 0 spiro atoms. The average Bonchev–Trinajstić information content (AvgIpc) is 3.46. The first-order valence-corrected chi connectivity index (χ1v) is 10.3. The summed E-state index contributed by atoms with van der Waals surface area (Å²) in [4.78, 5) is 21.2. The minimum atomic E-state index is -2.92. The molecule has 3 N–H and O–H groups in total. The molecule has 10 nitrogen and oxygen atoms in total. The topological polar surface area (TPSA) is 135 Å². The van der Waals surface area contributed by atoms with Gasteiger partial charge in [0.15, 0.2) is 0 Å². The highest BCUT2D eigenvalue weighted by Gasteiger charge is 2.21. The van der Waals surface area contributed by atoms with Crippen molar-refractivity contribution in [1.29, 1.82) is 0 Å². The van der Waals surface area contributed by atoms with Gasteiger partial charge in [-0.3, -0.25) is 9.20 Å². The van der Waals surface area contributed by atoms with Crippen molar-refractivity contribution in [2.45, 2.75) is 25.9 Å². The number of amides is 1. The Hall–Kier alpha value is -3.90. The summed E-state index contributed by atoms with van der Waals surface area (Å²) in [5.74, 6) is 0.119. The molecule has 1 aromatic carbocycles. The maximum atomic E-state index is 13.0. The molecule has 12 heteroatoms. The molecule has 0 aliphatic carbocycles. The number of alkyl halides is 2. The van der Waals surface area contributed by atoms with Gasteiger partial charge in [0, 0.05) is 23.5 Å². The second kappa shape index (κ2) is 9.93. The van der Waals surface area contributed by atoms with E-state index in [0.29, 0.717) is 22.6 Å². The number of pyridine rings is 1. The summed E-state index contributed by atoms with van der Waals surface area (Å²) in [7, 11) is 0. The molecule has 1 amide bonds. The number of hydrogen-bond acceptors (Lipinski definition) is 8. The number of aryl methyl sites for hydroxylation is 1. The van der Waals surface area contributed by atoms with E-state index in [2.05, 4.69) is 20.4 Å². The fourth-order valence-electron chi connectivity index (χ4n) is 3.19. The number of carbonyl (C=O) groups is 1. The van der Waals surface area contributed by atoms with Gasteiger partial charge in [-0.15, -0.1) is 0 Å². The molecule has 0 saturated carbocycles. The Kier molecular flexibility index (Phi) is 6.80. The van der Waals surface area contributed by atoms with Gasteiger partial charge >= 0.3 is 0 Å². The molecule has 3 heterocycles. The standard InChI is InChI=1S/C22H21F2N5O5/c1-12-2-3-13(21-27-19(34-28-21)10-17(31)20(23)24)8-15(12)26-22(32)16-11-25-18-9-14(33-7-6-30)4-5-29(16)18/h2-5,8-9,11,17,20,30-31H,6-7,10H2,1H3,(H,26,32). The number of hydrogen-bond donors (Lipinski definition) is 3. The predicted octanol–water partition coefficient (Wildman–Crippen LogP) is 2.48. The lowest BCUT2D eigenvalue weighted by atomic mass is 10.1. The number of halogens is 2. The Balaban J connectivity index is 1.53. The predicted molar refractivity (Wildman–Crippen MR) is 116 cm³/mol. The molecule has 1 atom stereocenters. The zero-order valence-electron chi connectivity index (χ0n) is 18.0. The van der Waals surface area contributed by atoms with Gasteiger partial charge in [0.25, 0.3) is 12.3 Å². The maximum absolute atomic E-state index is 13.0. The number of rotatable bonds is 9. The van der Waals surface area contributed by atoms with Crippen LogP contribution in [0.1, 0.15) is 21.9 Å². The summed E-state index contributed by atoms with van der Waals surface area (Å²) in [6, 6.07) is 8.39. The monoisotopic (exact) mass is 473 g/mol. The normalized spacial score (nSPS) is 12.3. The molecular formula is C22H21F2N5O5. The van der Waals surface area contributed by atoms with E-state index in [1.807, 2.05) is 0 Å². The van der Waals surface area contributed by atoms with Gasteiger partial charge in [-0.25, -0.2) is 13.8 Å². The van der Waals surface area contributed by atoms with Gasteiger partial charge in [-0.1, -0.05) is 17.3 Å². The van der Waals surface area contributed by atoms with Crippen LogP contribution in [-0.4, -0.2) is 61.4 Å². The van der Waals surface area contributed by atoms with E-state index in [9.17, 15) is 18.7 Å². The fraction of sp³-hybridized carbons (Fsp3) is 0.273. The highest BCUT2D eigenvalue weighted by Crippen LogP contribution is 2.25. The Morgan fingerprint density at radius 1 is 1.29 bits per heavy atom. The number of ether oxygens (including phenoxy) is 1. The molecule has 0 radical (unpaired) electrons. The molecule has 3 aromatic heterocycles. The van der Waals surface area contributed by atoms with Crippen LogP contribution >= 0.6 is 0 Å². The molecule has 0 bridgehead atoms. The first kappa shape index (κ1) is 23.3. The summed E-state index contributed by atoms with van der Waals surface area (Å²) in [5.41, 5.74) is 2.53. The van der Waals surface area contributed by atoms with Crippen molar-refractivity contribution in [3.05, 3.63) is 59.9 Å². The van der Waals surface area contributed by atoms with Crippen LogP contribution in [0.15, 0.2) is 47.2 Å². The highest BCUT2D eigenvalue weighted by molar-refractivity contribution is 6.04. The van der Waals surface area contributed by atoms with Crippen LogP contribution in [-0.2, 0) is 6.42 Å². The van der Waals surface area contributed by atoms with E-state index in [-0.39, 0.29) is 30.6 Å². The second-order valence-corrected chi connectivity index (χ2v) is 7.41. The summed E-state index contributed by atoms with van der Waals surface area (Å²) in [6.07, 6.45) is -2.22. The first-order valence-electron chi connectivity index (χ1n) is 10.3. The number of carbonyl (C=O) groups excluding carboxylic acids is 1. The minimum absolute atomic E-state index is 0.117. The van der Waals surface area contributed by atoms with Crippen LogP contribution in [0.5, 0.6) is 5.75 Å². The molecule has 4 rings (SSSR count). The van der Waals surface area contributed by atoms with E-state index >= 15 is 0 Å². The van der Waals surface area contributed by atoms with E-state index in [1.54, 1.807) is 47.9 Å². The third-order valence-corrected chi connectivity index (χ3v) is 4.96. The Morgan fingerprint density at radius 3 is 2.88 bits per heavy atom. The third-order valence-electron chi connectivity index (χ3n) is 4.96. The molecule has 0 fully saturated rings. The average molecular weight is 473 g/mol. The van der Waals surface area contributed by atoms with Crippen molar-refractivity contribution in [3.8, 4) is 17.1 Å². The van der Waals surface area contributed by atoms with Crippen LogP contribution in [0.25, 0.3) is 17.0 Å². The smallest absolute Gasteiger partial charge is 0.274 e. The number of imidazole rings is 1. The molecule has 0 aliphatic rings. The van der Waals surface area contributed by atoms with E-state index in [0.717, 1.165) is 5.56 Å². The number of anilines is 1. The van der Waals surface area contributed by atoms with Gasteiger partial charge < -0.3 is 24.8 Å². The van der Waals surface area contributed by atoms with Crippen molar-refractivity contribution in [2.75, 3.05) is 18.5 Å². The van der Waals surface area contributed by atoms with Crippen LogP contribution in [0.2, 0.25) is 0 Å². The number of nitrogens with one attached hydrogen (secondary N) is 1. The molecule has 34 heavy (non-hydrogen) atoms. The maximum Gasteiger partial charge on any atom is 0.274 e. The molecule has 0 aliphatic heterocycles. The van der Waals surface area contributed by atoms with Crippen molar-refractivity contribution in [3.63, 3.8) is 0 Å². The SMILES string of the molecule is Cc1ccc(-c2noc(CC(O)C(F)F)n2)cc1NC(=O)c1cnc2cc(OCCO)ccn12. The third kappa shape index (κ3) is 5.02. The second-order valence-electron chi connectivity index (χ2n) is 7.41.